The van der Waals surface area contributed by atoms with Crippen LogP contribution in [0.15, 0.2) is 58.1 Å². The molecule has 2 aromatic carbocycles. The lowest BCUT2D eigenvalue weighted by atomic mass is 10.2. The van der Waals surface area contributed by atoms with Crippen LogP contribution in [-0.4, -0.2) is 30.7 Å². The van der Waals surface area contributed by atoms with Crippen molar-refractivity contribution in [2.24, 2.45) is 10.2 Å². The molecule has 1 amide bonds. The maximum Gasteiger partial charge on any atom is 0.362 e. The van der Waals surface area contributed by atoms with Gasteiger partial charge in [0.2, 0.25) is 5.70 Å². The molecule has 0 aliphatic heterocycles. The van der Waals surface area contributed by atoms with E-state index in [4.69, 9.17) is 32.7 Å². The van der Waals surface area contributed by atoms with E-state index in [2.05, 4.69) is 15.5 Å². The highest BCUT2D eigenvalue weighted by molar-refractivity contribution is 6.34. The summed E-state index contributed by atoms with van der Waals surface area (Å²) in [6, 6.07) is 9.21. The first-order chi connectivity index (χ1) is 14.3. The van der Waals surface area contributed by atoms with E-state index >= 15 is 0 Å². The number of hydrogen-bond acceptors (Lipinski definition) is 7. The summed E-state index contributed by atoms with van der Waals surface area (Å²) in [7, 11) is 1.40. The van der Waals surface area contributed by atoms with Gasteiger partial charge >= 0.3 is 5.97 Å². The molecule has 0 saturated carbocycles. The maximum atomic E-state index is 12.4. The Morgan fingerprint density at radius 1 is 1.17 bits per heavy atom. The number of benzene rings is 2. The lowest BCUT2D eigenvalue weighted by Gasteiger charge is -2.11. The summed E-state index contributed by atoms with van der Waals surface area (Å²) in [5.41, 5.74) is 0.498. The Labute approximate surface area is 183 Å². The molecular formula is C20H19Cl2N3O5. The number of aliphatic hydroxyl groups is 1. The third-order valence-corrected chi connectivity index (χ3v) is 4.26. The molecular weight excluding hydrogens is 433 g/mol. The number of nitrogens with one attached hydrogen (secondary N) is 1. The average molecular weight is 452 g/mol. The van der Waals surface area contributed by atoms with Crippen LogP contribution in [0.2, 0.25) is 10.0 Å². The van der Waals surface area contributed by atoms with Gasteiger partial charge in [-0.15, -0.1) is 10.2 Å². The number of carbonyl (C=O) groups is 2. The highest BCUT2D eigenvalue weighted by Gasteiger charge is 2.16. The molecule has 0 spiro atoms. The van der Waals surface area contributed by atoms with E-state index in [9.17, 15) is 14.7 Å². The molecule has 30 heavy (non-hydrogen) atoms. The number of aliphatic hydroxyl groups excluding tert-OH is 1. The molecule has 0 fully saturated rings. The Bertz CT molecular complexity index is 1000. The minimum absolute atomic E-state index is 0.113. The zero-order valence-corrected chi connectivity index (χ0v) is 17.9. The number of ether oxygens (including phenoxy) is 2. The quantitative estimate of drug-likeness (QED) is 0.243. The molecule has 0 bridgehead atoms. The largest absolute Gasteiger partial charge is 0.510 e. The molecule has 2 N–H and O–H groups in total. The standard InChI is InChI=1S/C20H19Cl2N3O5/c1-4-30-20(28)18(11(2)26)25-24-16-9-14(22)15(10-17(16)29-3)23-19(27)12-5-7-13(21)8-6-12/h5-10,26H,4H2,1-3H3,(H,23,27)/b18-11+,25-24?. The molecule has 0 unspecified atom stereocenters. The summed E-state index contributed by atoms with van der Waals surface area (Å²) in [4.78, 5) is 24.3. The van der Waals surface area contributed by atoms with Crippen LogP contribution in [0.1, 0.15) is 24.2 Å². The van der Waals surface area contributed by atoms with Crippen LogP contribution in [-0.2, 0) is 9.53 Å². The lowest BCUT2D eigenvalue weighted by Crippen LogP contribution is -2.12. The van der Waals surface area contributed by atoms with E-state index in [1.54, 1.807) is 31.2 Å². The maximum absolute atomic E-state index is 12.4. The van der Waals surface area contributed by atoms with Crippen molar-refractivity contribution < 1.29 is 24.2 Å². The monoisotopic (exact) mass is 451 g/mol. The van der Waals surface area contributed by atoms with Crippen LogP contribution in [0, 0.1) is 0 Å². The summed E-state index contributed by atoms with van der Waals surface area (Å²) in [5, 5.41) is 20.7. The third kappa shape index (κ3) is 5.95. The Morgan fingerprint density at radius 2 is 1.83 bits per heavy atom. The van der Waals surface area contributed by atoms with E-state index in [1.165, 1.54) is 26.2 Å². The SMILES string of the molecule is CCOC(=O)/C(N=Nc1cc(Cl)c(NC(=O)c2ccc(Cl)cc2)cc1OC)=C(/C)O. The fraction of sp³-hybridized carbons (Fsp3) is 0.200. The molecule has 2 rings (SSSR count). The Hall–Kier alpha value is -3.10. The number of methoxy groups -OCH3 is 1. The molecule has 2 aromatic rings. The van der Waals surface area contributed by atoms with Gasteiger partial charge in [-0.05, 0) is 44.2 Å². The van der Waals surface area contributed by atoms with Gasteiger partial charge in [0.1, 0.15) is 17.2 Å². The molecule has 10 heteroatoms. The highest BCUT2D eigenvalue weighted by Crippen LogP contribution is 2.37. The Balaban J connectivity index is 2.31. The van der Waals surface area contributed by atoms with Crippen molar-refractivity contribution in [3.63, 3.8) is 0 Å². The number of rotatable bonds is 7. The fourth-order valence-electron chi connectivity index (χ4n) is 2.24. The van der Waals surface area contributed by atoms with Gasteiger partial charge in [0.25, 0.3) is 5.91 Å². The van der Waals surface area contributed by atoms with E-state index in [1.807, 2.05) is 0 Å². The second-order valence-electron chi connectivity index (χ2n) is 5.82. The van der Waals surface area contributed by atoms with Crippen LogP contribution in [0.25, 0.3) is 0 Å². The molecule has 0 heterocycles. The smallest absolute Gasteiger partial charge is 0.362 e. The number of esters is 1. The first-order valence-corrected chi connectivity index (χ1v) is 9.45. The summed E-state index contributed by atoms with van der Waals surface area (Å²) >= 11 is 12.1. The van der Waals surface area contributed by atoms with Gasteiger partial charge in [0.15, 0.2) is 0 Å². The molecule has 0 radical (unpaired) electrons. The second-order valence-corrected chi connectivity index (χ2v) is 6.66. The number of azo groups is 1. The normalized spacial score (nSPS) is 11.8. The number of allylic oxidation sites excluding steroid dienone is 1. The van der Waals surface area contributed by atoms with Gasteiger partial charge in [0, 0.05) is 16.7 Å². The van der Waals surface area contributed by atoms with Crippen molar-refractivity contribution in [1.29, 1.82) is 0 Å². The zero-order chi connectivity index (χ0) is 22.3. The molecule has 0 atom stereocenters. The van der Waals surface area contributed by atoms with Gasteiger partial charge in [-0.2, -0.15) is 0 Å². The fourth-order valence-corrected chi connectivity index (χ4v) is 2.57. The van der Waals surface area contributed by atoms with Gasteiger partial charge in [-0.25, -0.2) is 4.79 Å². The van der Waals surface area contributed by atoms with Crippen LogP contribution in [0.4, 0.5) is 11.4 Å². The predicted octanol–water partition coefficient (Wildman–Crippen LogP) is 5.69. The van der Waals surface area contributed by atoms with Crippen molar-refractivity contribution >= 4 is 46.5 Å². The van der Waals surface area contributed by atoms with E-state index in [0.29, 0.717) is 10.6 Å². The molecule has 158 valence electrons. The predicted molar refractivity (Wildman–Crippen MR) is 114 cm³/mol. The molecule has 0 saturated heterocycles. The van der Waals surface area contributed by atoms with Crippen molar-refractivity contribution in [3.8, 4) is 5.75 Å². The first-order valence-electron chi connectivity index (χ1n) is 8.70. The number of carbonyl (C=O) groups excluding carboxylic acids is 2. The topological polar surface area (TPSA) is 110 Å². The van der Waals surface area contributed by atoms with Crippen molar-refractivity contribution in [3.05, 3.63) is 63.5 Å². The summed E-state index contributed by atoms with van der Waals surface area (Å²) in [6.45, 7) is 3.02. The van der Waals surface area contributed by atoms with E-state index in [0.717, 1.165) is 0 Å². The van der Waals surface area contributed by atoms with Crippen molar-refractivity contribution in [1.82, 2.24) is 0 Å². The number of halogens is 2. The number of anilines is 1. The molecule has 8 nitrogen and oxygen atoms in total. The minimum atomic E-state index is -0.821. The number of hydrogen-bond donors (Lipinski definition) is 2. The summed E-state index contributed by atoms with van der Waals surface area (Å²) < 4.78 is 10.1. The second kappa shape index (κ2) is 10.6. The van der Waals surface area contributed by atoms with Crippen LogP contribution >= 0.6 is 23.2 Å². The van der Waals surface area contributed by atoms with Crippen LogP contribution in [0.3, 0.4) is 0 Å². The van der Waals surface area contributed by atoms with Gasteiger partial charge in [-0.3, -0.25) is 4.79 Å². The van der Waals surface area contributed by atoms with Gasteiger partial charge in [0.05, 0.1) is 24.4 Å². The third-order valence-electron chi connectivity index (χ3n) is 3.69. The van der Waals surface area contributed by atoms with E-state index < -0.39 is 11.9 Å². The van der Waals surface area contributed by atoms with Crippen LogP contribution < -0.4 is 10.1 Å². The Kier molecular flexibility index (Phi) is 8.20. The number of nitrogens with zero attached hydrogens (tertiary/aromatic N) is 2. The Morgan fingerprint density at radius 3 is 2.40 bits per heavy atom. The average Bonchev–Trinajstić information content (AvgIpc) is 2.70. The van der Waals surface area contributed by atoms with Gasteiger partial charge < -0.3 is 19.9 Å². The highest BCUT2D eigenvalue weighted by atomic mass is 35.5. The van der Waals surface area contributed by atoms with Crippen molar-refractivity contribution in [2.75, 3.05) is 19.0 Å². The molecule has 0 aliphatic rings. The zero-order valence-electron chi connectivity index (χ0n) is 16.4. The molecule has 0 aliphatic carbocycles. The summed E-state index contributed by atoms with van der Waals surface area (Å²) in [5.74, 6) is -1.34. The van der Waals surface area contributed by atoms with Crippen molar-refractivity contribution in [2.45, 2.75) is 13.8 Å². The van der Waals surface area contributed by atoms with E-state index in [-0.39, 0.29) is 40.2 Å². The summed E-state index contributed by atoms with van der Waals surface area (Å²) in [6.07, 6.45) is 0. The minimum Gasteiger partial charge on any atom is -0.510 e. The first kappa shape index (κ1) is 23.2. The van der Waals surface area contributed by atoms with Crippen LogP contribution in [0.5, 0.6) is 5.75 Å². The number of amides is 1. The lowest BCUT2D eigenvalue weighted by molar-refractivity contribution is -0.138. The van der Waals surface area contributed by atoms with Gasteiger partial charge in [-0.1, -0.05) is 23.2 Å². The molecule has 0 aromatic heterocycles.